The van der Waals surface area contributed by atoms with Crippen molar-refractivity contribution in [3.63, 3.8) is 0 Å². The van der Waals surface area contributed by atoms with Crippen LogP contribution in [0.1, 0.15) is 96.6 Å². The second-order valence-corrected chi connectivity index (χ2v) is 11.5. The molecule has 2 fully saturated rings. The van der Waals surface area contributed by atoms with E-state index in [4.69, 9.17) is 0 Å². The Hall–Kier alpha value is -1.67. The first-order valence-corrected chi connectivity index (χ1v) is 12.4. The number of aliphatic hydroxyl groups is 1. The van der Waals surface area contributed by atoms with Crippen LogP contribution in [0.15, 0.2) is 47.1 Å². The molecule has 1 aromatic carbocycles. The molecule has 0 spiro atoms. The van der Waals surface area contributed by atoms with Gasteiger partial charge >= 0.3 is 0 Å². The van der Waals surface area contributed by atoms with Crippen LogP contribution < -0.4 is 0 Å². The summed E-state index contributed by atoms with van der Waals surface area (Å²) in [4.78, 5) is 11.4. The summed E-state index contributed by atoms with van der Waals surface area (Å²) in [6, 6.07) is 9.27. The Bertz CT molecular complexity index is 882. The van der Waals surface area contributed by atoms with Gasteiger partial charge < -0.3 is 5.11 Å². The molecule has 2 saturated carbocycles. The Morgan fingerprint density at radius 2 is 1.84 bits per heavy atom. The highest BCUT2D eigenvalue weighted by Crippen LogP contribution is 2.63. The molecule has 3 aliphatic carbocycles. The molecule has 2 heteroatoms. The van der Waals surface area contributed by atoms with E-state index in [2.05, 4.69) is 58.9 Å². The second-order valence-electron chi connectivity index (χ2n) is 11.5. The number of fused-ring (bicyclic) bond motifs is 3. The molecule has 0 heterocycles. The van der Waals surface area contributed by atoms with Gasteiger partial charge in [-0.25, -0.2) is 0 Å². The third-order valence-corrected chi connectivity index (χ3v) is 8.67. The van der Waals surface area contributed by atoms with E-state index in [9.17, 15) is 9.90 Å². The van der Waals surface area contributed by atoms with Crippen molar-refractivity contribution in [2.75, 3.05) is 0 Å². The minimum Gasteiger partial charge on any atom is -0.393 e. The van der Waals surface area contributed by atoms with Crippen molar-refractivity contribution in [1.29, 1.82) is 0 Å². The van der Waals surface area contributed by atoms with Crippen LogP contribution >= 0.6 is 0 Å². The monoisotopic (exact) mass is 420 g/mol. The molecular formula is C29H40O2. The molecule has 2 nitrogen and oxygen atoms in total. The summed E-state index contributed by atoms with van der Waals surface area (Å²) in [7, 11) is 0. The van der Waals surface area contributed by atoms with Crippen LogP contribution in [0.4, 0.5) is 0 Å². The second kappa shape index (κ2) is 8.35. The molecule has 168 valence electrons. The topological polar surface area (TPSA) is 37.3 Å². The molecule has 1 N–H and O–H groups in total. The highest BCUT2D eigenvalue weighted by atomic mass is 16.3. The van der Waals surface area contributed by atoms with Crippen LogP contribution in [0.3, 0.4) is 0 Å². The maximum absolute atomic E-state index is 11.4. The highest BCUT2D eigenvalue weighted by molar-refractivity contribution is 5.69. The van der Waals surface area contributed by atoms with Gasteiger partial charge in [0.2, 0.25) is 0 Å². The van der Waals surface area contributed by atoms with E-state index >= 15 is 0 Å². The lowest BCUT2D eigenvalue weighted by Crippen LogP contribution is -2.44. The number of allylic oxidation sites excluding steroid dienone is 4. The number of carbonyl (C=O) groups is 1. The molecule has 3 aliphatic rings. The Balaban J connectivity index is 1.86. The van der Waals surface area contributed by atoms with E-state index in [1.165, 1.54) is 22.3 Å². The summed E-state index contributed by atoms with van der Waals surface area (Å²) in [6.45, 7) is 11.4. The van der Waals surface area contributed by atoms with Crippen molar-refractivity contribution >= 4 is 6.29 Å². The predicted octanol–water partition coefficient (Wildman–Crippen LogP) is 6.88. The Morgan fingerprint density at radius 1 is 1.13 bits per heavy atom. The smallest absolute Gasteiger partial charge is 0.143 e. The van der Waals surface area contributed by atoms with E-state index in [-0.39, 0.29) is 16.9 Å². The lowest BCUT2D eigenvalue weighted by Gasteiger charge is -2.51. The average molecular weight is 421 g/mol. The number of benzene rings is 1. The van der Waals surface area contributed by atoms with Crippen LogP contribution in [0.5, 0.6) is 0 Å². The summed E-state index contributed by atoms with van der Waals surface area (Å²) in [5.74, 6) is 1.44. The molecule has 0 radical (unpaired) electrons. The van der Waals surface area contributed by atoms with Gasteiger partial charge in [0.25, 0.3) is 0 Å². The molecule has 0 bridgehead atoms. The van der Waals surface area contributed by atoms with Crippen LogP contribution in [-0.2, 0) is 10.2 Å². The van der Waals surface area contributed by atoms with Crippen molar-refractivity contribution < 1.29 is 9.90 Å². The van der Waals surface area contributed by atoms with E-state index in [0.717, 1.165) is 51.2 Å². The van der Waals surface area contributed by atoms with Gasteiger partial charge in [-0.2, -0.15) is 0 Å². The van der Waals surface area contributed by atoms with Crippen LogP contribution in [0.2, 0.25) is 0 Å². The predicted molar refractivity (Wildman–Crippen MR) is 128 cm³/mol. The van der Waals surface area contributed by atoms with Gasteiger partial charge in [0.05, 0.1) is 6.10 Å². The minimum absolute atomic E-state index is 0.00919. The molecule has 4 rings (SSSR count). The number of hydrogen-bond donors (Lipinski definition) is 1. The summed E-state index contributed by atoms with van der Waals surface area (Å²) in [5, 5.41) is 11.0. The number of aldehydes is 1. The number of aliphatic hydroxyl groups excluding tert-OH is 1. The van der Waals surface area contributed by atoms with Gasteiger partial charge in [-0.05, 0) is 89.5 Å². The maximum Gasteiger partial charge on any atom is 0.143 e. The van der Waals surface area contributed by atoms with Crippen LogP contribution in [-0.4, -0.2) is 17.5 Å². The van der Waals surface area contributed by atoms with Crippen molar-refractivity contribution in [2.45, 2.75) is 97.0 Å². The third-order valence-electron chi connectivity index (χ3n) is 8.67. The summed E-state index contributed by atoms with van der Waals surface area (Å²) >= 11 is 0. The van der Waals surface area contributed by atoms with E-state index < -0.39 is 0 Å². The number of rotatable bonds is 4. The number of carbonyl (C=O) groups excluding carboxylic acids is 1. The van der Waals surface area contributed by atoms with Gasteiger partial charge in [0, 0.05) is 5.92 Å². The zero-order valence-corrected chi connectivity index (χ0v) is 20.1. The molecule has 31 heavy (non-hydrogen) atoms. The van der Waals surface area contributed by atoms with E-state index in [1.807, 2.05) is 6.08 Å². The Labute approximate surface area is 188 Å². The Morgan fingerprint density at radius 3 is 2.45 bits per heavy atom. The molecule has 0 amide bonds. The molecule has 1 aromatic rings. The van der Waals surface area contributed by atoms with Crippen LogP contribution in [0.25, 0.3) is 0 Å². The van der Waals surface area contributed by atoms with Gasteiger partial charge in [-0.3, -0.25) is 4.79 Å². The van der Waals surface area contributed by atoms with Crippen molar-refractivity contribution in [3.8, 4) is 0 Å². The quantitative estimate of drug-likeness (QED) is 0.426. The van der Waals surface area contributed by atoms with Gasteiger partial charge in [-0.15, -0.1) is 0 Å². The normalized spacial score (nSPS) is 34.6. The van der Waals surface area contributed by atoms with Crippen molar-refractivity contribution in [2.24, 2.45) is 17.3 Å². The molecule has 0 aliphatic heterocycles. The van der Waals surface area contributed by atoms with E-state index in [0.29, 0.717) is 17.8 Å². The SMILES string of the molecule is CCCC1=C2C(c3ccc(C(C)(C)C)cc3)CC3(C)C(O)CCC3C2CC/C1=C/C=O. The minimum atomic E-state index is -0.197. The molecule has 0 saturated heterocycles. The largest absolute Gasteiger partial charge is 0.393 e. The summed E-state index contributed by atoms with van der Waals surface area (Å²) < 4.78 is 0. The van der Waals surface area contributed by atoms with Gasteiger partial charge in [0.1, 0.15) is 6.29 Å². The standard InChI is InChI=1S/C29H40O2/c1-6-7-22-20(16-17-30)10-13-23-25-14-15-26(31)29(25,5)18-24(27(22)23)19-8-11-21(12-9-19)28(2,3)4/h8-9,11-12,16-17,23-26,31H,6-7,10,13-15,18H2,1-5H3/b20-16-. The summed E-state index contributed by atoms with van der Waals surface area (Å²) in [5.41, 5.74) is 7.20. The fourth-order valence-corrected chi connectivity index (χ4v) is 6.99. The van der Waals surface area contributed by atoms with Crippen LogP contribution in [0, 0.1) is 17.3 Å². The molecule has 5 atom stereocenters. The van der Waals surface area contributed by atoms with Gasteiger partial charge in [-0.1, -0.05) is 70.9 Å². The first kappa shape index (κ1) is 22.5. The fourth-order valence-electron chi connectivity index (χ4n) is 6.99. The van der Waals surface area contributed by atoms with Crippen molar-refractivity contribution in [3.05, 3.63) is 58.2 Å². The first-order valence-electron chi connectivity index (χ1n) is 12.4. The molecular weight excluding hydrogens is 380 g/mol. The van der Waals surface area contributed by atoms with Crippen molar-refractivity contribution in [1.82, 2.24) is 0 Å². The third kappa shape index (κ3) is 3.86. The Kier molecular flexibility index (Phi) is 6.07. The van der Waals surface area contributed by atoms with E-state index in [1.54, 1.807) is 5.57 Å². The lowest BCUT2D eigenvalue weighted by molar-refractivity contribution is -0.104. The first-order chi connectivity index (χ1) is 14.7. The van der Waals surface area contributed by atoms with Gasteiger partial charge in [0.15, 0.2) is 0 Å². The molecule has 5 unspecified atom stereocenters. The number of hydrogen-bond acceptors (Lipinski definition) is 2. The molecule has 0 aromatic heterocycles. The summed E-state index contributed by atoms with van der Waals surface area (Å²) in [6.07, 6.45) is 9.95. The zero-order chi connectivity index (χ0) is 22.4. The maximum atomic E-state index is 11.4. The lowest BCUT2D eigenvalue weighted by atomic mass is 9.53. The zero-order valence-electron chi connectivity index (χ0n) is 20.1. The highest BCUT2D eigenvalue weighted by Gasteiger charge is 2.56. The fraction of sp³-hybridized carbons (Fsp3) is 0.621. The average Bonchev–Trinajstić information content (AvgIpc) is 3.03.